The van der Waals surface area contributed by atoms with Crippen molar-refractivity contribution < 1.29 is 13.2 Å². The van der Waals surface area contributed by atoms with Crippen LogP contribution in [0.1, 0.15) is 16.8 Å². The van der Waals surface area contributed by atoms with Crippen LogP contribution in [0.5, 0.6) is 0 Å². The molecule has 0 aliphatic carbocycles. The first-order chi connectivity index (χ1) is 8.97. The summed E-state index contributed by atoms with van der Waals surface area (Å²) in [6.07, 6.45) is -1.80. The number of hydrogen-bond donors (Lipinski definition) is 0. The Balaban J connectivity index is 2.70. The lowest BCUT2D eigenvalue weighted by Crippen LogP contribution is -2.13. The van der Waals surface area contributed by atoms with Crippen LogP contribution in [-0.4, -0.2) is 9.78 Å². The molecule has 6 heteroatoms. The van der Waals surface area contributed by atoms with Crippen LogP contribution < -0.4 is 0 Å². The highest BCUT2D eigenvalue weighted by atomic mass is 19.4. The maximum atomic E-state index is 13.1. The van der Waals surface area contributed by atoms with E-state index in [1.165, 1.54) is 30.5 Å². The molecule has 0 unspecified atom stereocenters. The van der Waals surface area contributed by atoms with Crippen LogP contribution in [0, 0.1) is 11.3 Å². The third-order valence-electron chi connectivity index (χ3n) is 2.51. The van der Waals surface area contributed by atoms with Crippen LogP contribution in [0.25, 0.3) is 11.8 Å². The molecule has 19 heavy (non-hydrogen) atoms. The molecular weight excluding hydrogens is 255 g/mol. The van der Waals surface area contributed by atoms with Gasteiger partial charge in [0.25, 0.3) is 0 Å². The van der Waals surface area contributed by atoms with Crippen molar-refractivity contribution in [1.82, 2.24) is 9.78 Å². The minimum Gasteiger partial charge on any atom is -0.240 e. The Kier molecular flexibility index (Phi) is 3.13. The van der Waals surface area contributed by atoms with Crippen molar-refractivity contribution in [3.63, 3.8) is 0 Å². The van der Waals surface area contributed by atoms with Crippen LogP contribution in [0.2, 0.25) is 0 Å². The minimum atomic E-state index is -4.62. The van der Waals surface area contributed by atoms with Crippen LogP contribution in [0.4, 0.5) is 13.2 Å². The maximum Gasteiger partial charge on any atom is 0.419 e. The molecule has 0 saturated heterocycles. The molecule has 0 bridgehead atoms. The summed E-state index contributed by atoms with van der Waals surface area (Å²) in [4.78, 5) is 0. The number of nitriles is 1. The molecule has 0 spiro atoms. The van der Waals surface area contributed by atoms with Gasteiger partial charge in [-0.25, -0.2) is 4.68 Å². The fraction of sp³-hybridized carbons (Fsp3) is 0.0769. The summed E-state index contributed by atoms with van der Waals surface area (Å²) >= 11 is 0. The highest BCUT2D eigenvalue weighted by Gasteiger charge is 2.37. The third-order valence-corrected chi connectivity index (χ3v) is 2.51. The van der Waals surface area contributed by atoms with Gasteiger partial charge in [0, 0.05) is 6.20 Å². The zero-order valence-electron chi connectivity index (χ0n) is 9.65. The van der Waals surface area contributed by atoms with Gasteiger partial charge < -0.3 is 0 Å². The molecule has 1 heterocycles. The molecule has 0 atom stereocenters. The number of alkyl halides is 3. The monoisotopic (exact) mass is 263 g/mol. The Hall–Kier alpha value is -2.55. The summed E-state index contributed by atoms with van der Waals surface area (Å²) in [6, 6.07) is 6.87. The Morgan fingerprint density at radius 3 is 2.58 bits per heavy atom. The van der Waals surface area contributed by atoms with Gasteiger partial charge in [0.1, 0.15) is 0 Å². The van der Waals surface area contributed by atoms with Gasteiger partial charge in [-0.1, -0.05) is 12.6 Å². The number of halogens is 3. The van der Waals surface area contributed by atoms with E-state index in [0.717, 1.165) is 10.7 Å². The van der Waals surface area contributed by atoms with E-state index < -0.39 is 17.3 Å². The molecule has 2 aromatic rings. The van der Waals surface area contributed by atoms with Gasteiger partial charge in [0.2, 0.25) is 0 Å². The lowest BCUT2D eigenvalue weighted by atomic mass is 10.1. The van der Waals surface area contributed by atoms with Crippen LogP contribution >= 0.6 is 0 Å². The summed E-state index contributed by atoms with van der Waals surface area (Å²) in [5.41, 5.74) is -1.15. The first-order valence-electron chi connectivity index (χ1n) is 5.26. The van der Waals surface area contributed by atoms with Gasteiger partial charge >= 0.3 is 6.18 Å². The van der Waals surface area contributed by atoms with Crippen LogP contribution in [0.3, 0.4) is 0 Å². The zero-order chi connectivity index (χ0) is 14.0. The van der Waals surface area contributed by atoms with Crippen molar-refractivity contribution in [2.24, 2.45) is 0 Å². The van der Waals surface area contributed by atoms with Crippen molar-refractivity contribution >= 4 is 6.08 Å². The Labute approximate surface area is 107 Å². The van der Waals surface area contributed by atoms with E-state index in [4.69, 9.17) is 5.26 Å². The standard InChI is InChI=1S/C13H8F3N3/c1-2-10-6-7-19(18-10)11-5-3-4-9(8-17)12(11)13(14,15)16/h2-7H,1H2. The number of hydrogen-bond acceptors (Lipinski definition) is 2. The molecule has 0 radical (unpaired) electrons. The van der Waals surface area contributed by atoms with Gasteiger partial charge in [-0.15, -0.1) is 0 Å². The predicted molar refractivity (Wildman–Crippen MR) is 63.4 cm³/mol. The minimum absolute atomic E-state index is 0.181. The van der Waals surface area contributed by atoms with Gasteiger partial charge in [-0.2, -0.15) is 23.5 Å². The lowest BCUT2D eigenvalue weighted by Gasteiger charge is -2.14. The average molecular weight is 263 g/mol. The largest absolute Gasteiger partial charge is 0.419 e. The first kappa shape index (κ1) is 12.9. The van der Waals surface area contributed by atoms with Crippen molar-refractivity contribution in [2.45, 2.75) is 6.18 Å². The molecule has 1 aromatic heterocycles. The normalized spacial score (nSPS) is 11.1. The van der Waals surface area contributed by atoms with Gasteiger partial charge in [0.05, 0.1) is 28.6 Å². The summed E-state index contributed by atoms with van der Waals surface area (Å²) < 4.78 is 40.3. The van der Waals surface area contributed by atoms with Crippen LogP contribution in [-0.2, 0) is 6.18 Å². The van der Waals surface area contributed by atoms with E-state index in [0.29, 0.717) is 5.69 Å². The van der Waals surface area contributed by atoms with E-state index in [-0.39, 0.29) is 5.69 Å². The number of rotatable bonds is 2. The SMILES string of the molecule is C=Cc1ccn(-c2cccc(C#N)c2C(F)(F)F)n1. The van der Waals surface area contributed by atoms with Gasteiger partial charge in [0.15, 0.2) is 0 Å². The summed E-state index contributed by atoms with van der Waals surface area (Å²) in [6.45, 7) is 3.49. The summed E-state index contributed by atoms with van der Waals surface area (Å²) in [5, 5.41) is 12.7. The zero-order valence-corrected chi connectivity index (χ0v) is 9.65. The van der Waals surface area contributed by atoms with Gasteiger partial charge in [-0.3, -0.25) is 0 Å². The van der Waals surface area contributed by atoms with E-state index >= 15 is 0 Å². The Morgan fingerprint density at radius 1 is 1.32 bits per heavy atom. The topological polar surface area (TPSA) is 41.6 Å². The Bertz CT molecular complexity index is 663. The van der Waals surface area contributed by atoms with Gasteiger partial charge in [-0.05, 0) is 24.3 Å². The molecule has 96 valence electrons. The van der Waals surface area contributed by atoms with Crippen molar-refractivity contribution in [1.29, 1.82) is 5.26 Å². The molecule has 0 aliphatic heterocycles. The second-order valence-electron chi connectivity index (χ2n) is 3.70. The molecule has 0 N–H and O–H groups in total. The maximum absolute atomic E-state index is 13.1. The molecule has 0 saturated carbocycles. The third kappa shape index (κ3) is 2.36. The predicted octanol–water partition coefficient (Wildman–Crippen LogP) is 3.41. The van der Waals surface area contributed by atoms with Crippen molar-refractivity contribution in [3.8, 4) is 11.8 Å². The summed E-state index contributed by atoms with van der Waals surface area (Å²) in [7, 11) is 0. The molecule has 2 rings (SSSR count). The molecule has 0 aliphatic rings. The lowest BCUT2D eigenvalue weighted by molar-refractivity contribution is -0.137. The first-order valence-corrected chi connectivity index (χ1v) is 5.26. The molecular formula is C13H8F3N3. The Morgan fingerprint density at radius 2 is 2.05 bits per heavy atom. The van der Waals surface area contributed by atoms with Crippen molar-refractivity contribution in [3.05, 3.63) is 53.9 Å². The number of benzene rings is 1. The number of nitrogens with zero attached hydrogens (tertiary/aromatic N) is 3. The van der Waals surface area contributed by atoms with E-state index in [1.807, 2.05) is 0 Å². The number of aromatic nitrogens is 2. The van der Waals surface area contributed by atoms with E-state index in [2.05, 4.69) is 11.7 Å². The molecule has 0 fully saturated rings. The van der Waals surface area contributed by atoms with E-state index in [1.54, 1.807) is 6.07 Å². The highest BCUT2D eigenvalue weighted by molar-refractivity contribution is 5.53. The summed E-state index contributed by atoms with van der Waals surface area (Å²) in [5.74, 6) is 0. The van der Waals surface area contributed by atoms with E-state index in [9.17, 15) is 13.2 Å². The highest BCUT2D eigenvalue weighted by Crippen LogP contribution is 2.36. The van der Waals surface area contributed by atoms with Crippen molar-refractivity contribution in [2.75, 3.05) is 0 Å². The average Bonchev–Trinajstić information content (AvgIpc) is 2.85. The fourth-order valence-electron chi connectivity index (χ4n) is 1.70. The smallest absolute Gasteiger partial charge is 0.240 e. The fourth-order valence-corrected chi connectivity index (χ4v) is 1.70. The molecule has 1 aromatic carbocycles. The second kappa shape index (κ2) is 4.61. The molecule has 3 nitrogen and oxygen atoms in total. The quantitative estimate of drug-likeness (QED) is 0.833. The van der Waals surface area contributed by atoms with Crippen LogP contribution in [0.15, 0.2) is 37.0 Å². The second-order valence-corrected chi connectivity index (χ2v) is 3.70. The molecule has 0 amide bonds.